The molecule has 12 heteroatoms. The highest BCUT2D eigenvalue weighted by atomic mass is 28.3. The average Bonchev–Trinajstić information content (AvgIpc) is 3.99. The fourth-order valence-corrected chi connectivity index (χ4v) is 15.0. The number of rotatable bonds is 8. The third-order valence-corrected chi connectivity index (χ3v) is 18.8. The summed E-state index contributed by atoms with van der Waals surface area (Å²) >= 11 is 0. The van der Waals surface area contributed by atoms with E-state index in [1.807, 2.05) is 32.4 Å². The Labute approximate surface area is 349 Å². The molecule has 4 aromatic rings. The quantitative estimate of drug-likeness (QED) is 0.140. The van der Waals surface area contributed by atoms with Crippen LogP contribution in [0, 0.1) is 34.9 Å². The number of halogens is 2. The van der Waals surface area contributed by atoms with Gasteiger partial charge in [-0.25, -0.2) is 23.4 Å². The molecule has 2 amide bonds. The maximum Gasteiger partial charge on any atom is 0.412 e. The lowest BCUT2D eigenvalue weighted by atomic mass is 9.94. The van der Waals surface area contributed by atoms with Crippen molar-refractivity contribution in [3.63, 3.8) is 0 Å². The molecular weight excluding hydrogens is 765 g/mol. The number of ether oxygens (including phenoxy) is 2. The number of anilines is 1. The molecule has 2 aromatic carbocycles. The Morgan fingerprint density at radius 2 is 1.53 bits per heavy atom. The minimum atomic E-state index is -2.31. The number of fused-ring (bicyclic) bond motifs is 3. The molecule has 2 saturated carbocycles. The first kappa shape index (κ1) is 42.6. The van der Waals surface area contributed by atoms with E-state index in [2.05, 4.69) is 58.3 Å². The number of nitrogens with one attached hydrogen (secondary N) is 1. The van der Waals surface area contributed by atoms with Gasteiger partial charge in [0.1, 0.15) is 36.3 Å². The van der Waals surface area contributed by atoms with Crippen molar-refractivity contribution in [1.29, 1.82) is 0 Å². The Hall–Kier alpha value is -4.50. The van der Waals surface area contributed by atoms with E-state index in [1.54, 1.807) is 43.9 Å². The summed E-state index contributed by atoms with van der Waals surface area (Å²) in [5, 5.41) is 9.77. The number of hydrogen-bond acceptors (Lipinski definition) is 6. The number of hydrogen-bond donors (Lipinski definition) is 1. The van der Waals surface area contributed by atoms with Crippen LogP contribution in [0.5, 0.6) is 0 Å². The molecule has 3 atom stereocenters. The monoisotopic (exact) mass is 825 g/mol. The first-order valence-corrected chi connectivity index (χ1v) is 23.7. The molecule has 9 nitrogen and oxygen atoms in total. The summed E-state index contributed by atoms with van der Waals surface area (Å²) in [5.41, 5.74) is 6.16. The maximum absolute atomic E-state index is 17.9. The van der Waals surface area contributed by atoms with E-state index >= 15 is 8.78 Å². The van der Waals surface area contributed by atoms with Crippen molar-refractivity contribution < 1.29 is 27.8 Å². The summed E-state index contributed by atoms with van der Waals surface area (Å²) in [5.74, 6) is 2.78. The molecule has 0 bridgehead atoms. The molecule has 3 fully saturated rings. The van der Waals surface area contributed by atoms with E-state index in [1.165, 1.54) is 6.07 Å². The van der Waals surface area contributed by atoms with Crippen molar-refractivity contribution in [3.8, 4) is 22.7 Å². The number of aromatic nitrogens is 3. The van der Waals surface area contributed by atoms with Crippen LogP contribution in [0.4, 0.5) is 24.1 Å². The Morgan fingerprint density at radius 1 is 0.915 bits per heavy atom. The largest absolute Gasteiger partial charge is 0.444 e. The van der Waals surface area contributed by atoms with Crippen LogP contribution < -0.4 is 5.32 Å². The molecule has 0 spiro atoms. The topological polar surface area (TPSA) is 98.6 Å². The van der Waals surface area contributed by atoms with Crippen molar-refractivity contribution in [1.82, 2.24) is 19.7 Å². The molecule has 2 aromatic heterocycles. The van der Waals surface area contributed by atoms with Crippen LogP contribution in [0.25, 0.3) is 32.9 Å². The second-order valence-electron chi connectivity index (χ2n) is 19.9. The second-order valence-corrected chi connectivity index (χ2v) is 25.5. The summed E-state index contributed by atoms with van der Waals surface area (Å²) in [6, 6.07) is 6.51. The molecule has 3 aliphatic rings. The van der Waals surface area contributed by atoms with E-state index in [-0.39, 0.29) is 41.1 Å². The number of carbonyl (C=O) groups excluding carboxylic acids is 2. The molecule has 2 aliphatic carbocycles. The number of amides is 2. The molecule has 3 heterocycles. The number of likely N-dealkylation sites (tertiary alicyclic amines) is 1. The average molecular weight is 826 g/mol. The highest BCUT2D eigenvalue weighted by molar-refractivity contribution is 6.90. The first-order valence-electron chi connectivity index (χ1n) is 21.4. The minimum Gasteiger partial charge on any atom is -0.444 e. The van der Waals surface area contributed by atoms with Gasteiger partial charge in [-0.05, 0) is 113 Å². The smallest absolute Gasteiger partial charge is 0.412 e. The summed E-state index contributed by atoms with van der Waals surface area (Å²) in [6.07, 6.45) is 1.29. The van der Waals surface area contributed by atoms with Gasteiger partial charge in [0.05, 0.1) is 23.0 Å². The molecule has 0 radical (unpaired) electrons. The Bertz CT molecular complexity index is 2360. The predicted octanol–water partition coefficient (Wildman–Crippen LogP) is 11.9. The molecule has 1 N–H and O–H groups in total. The van der Waals surface area contributed by atoms with Crippen molar-refractivity contribution in [2.24, 2.45) is 11.8 Å². The van der Waals surface area contributed by atoms with Crippen LogP contribution in [0.1, 0.15) is 132 Å². The number of pyridine rings is 1. The van der Waals surface area contributed by atoms with Crippen molar-refractivity contribution in [3.05, 3.63) is 52.9 Å². The second kappa shape index (κ2) is 15.2. The fourth-order valence-electron chi connectivity index (χ4n) is 9.80. The molecule has 1 aliphatic heterocycles. The van der Waals surface area contributed by atoms with Crippen LogP contribution in [0.15, 0.2) is 24.3 Å². The van der Waals surface area contributed by atoms with Gasteiger partial charge in [-0.3, -0.25) is 10.00 Å². The minimum absolute atomic E-state index is 0.0505. The van der Waals surface area contributed by atoms with Crippen LogP contribution in [-0.4, -0.2) is 64.2 Å². The van der Waals surface area contributed by atoms with Crippen molar-refractivity contribution in [2.75, 3.05) is 18.4 Å². The third-order valence-electron chi connectivity index (χ3n) is 12.5. The lowest BCUT2D eigenvalue weighted by Gasteiger charge is -2.38. The molecular formula is C47H61F2N5O4Si. The SMILES string of the molecule is CCc1nc(-c2cc(NC(=O)OC(C)(C)C)cc3ccc(F)c(C#C[Si](C(C)C)(C(C)C)C(C)C)c23)c(F)c2c1c(C1[C@H]3CN(C(=O)OC(C)(C)C)C[C@@H]13)nn2C1CC1. The summed E-state index contributed by atoms with van der Waals surface area (Å²) < 4.78 is 47.4. The maximum atomic E-state index is 17.9. The number of carbonyl (C=O) groups is 2. The Kier molecular flexibility index (Phi) is 11.0. The summed E-state index contributed by atoms with van der Waals surface area (Å²) in [7, 11) is -2.31. The lowest BCUT2D eigenvalue weighted by Crippen LogP contribution is -2.43. The van der Waals surface area contributed by atoms with Crippen LogP contribution in [-0.2, 0) is 15.9 Å². The summed E-state index contributed by atoms with van der Waals surface area (Å²) in [4.78, 5) is 32.9. The van der Waals surface area contributed by atoms with Gasteiger partial charge in [-0.1, -0.05) is 60.5 Å². The zero-order valence-corrected chi connectivity index (χ0v) is 38.1. The molecule has 316 valence electrons. The van der Waals surface area contributed by atoms with E-state index in [0.29, 0.717) is 69.4 Å². The first-order chi connectivity index (χ1) is 27.6. The van der Waals surface area contributed by atoms with E-state index < -0.39 is 37.0 Å². The molecule has 59 heavy (non-hydrogen) atoms. The van der Waals surface area contributed by atoms with Gasteiger partial charge in [0.2, 0.25) is 0 Å². The van der Waals surface area contributed by atoms with Gasteiger partial charge >= 0.3 is 12.2 Å². The predicted molar refractivity (Wildman–Crippen MR) is 233 cm³/mol. The van der Waals surface area contributed by atoms with Crippen LogP contribution in [0.2, 0.25) is 16.6 Å². The van der Waals surface area contributed by atoms with Crippen LogP contribution >= 0.6 is 0 Å². The van der Waals surface area contributed by atoms with E-state index in [0.717, 1.165) is 23.9 Å². The van der Waals surface area contributed by atoms with Gasteiger partial charge in [0.25, 0.3) is 0 Å². The van der Waals surface area contributed by atoms with Gasteiger partial charge in [0.15, 0.2) is 5.82 Å². The Morgan fingerprint density at radius 3 is 2.07 bits per heavy atom. The van der Waals surface area contributed by atoms with Gasteiger partial charge in [0, 0.05) is 41.0 Å². The number of aryl methyl sites for hydroxylation is 1. The summed E-state index contributed by atoms with van der Waals surface area (Å²) in [6.45, 7) is 27.3. The lowest BCUT2D eigenvalue weighted by molar-refractivity contribution is 0.0270. The van der Waals surface area contributed by atoms with Gasteiger partial charge < -0.3 is 14.4 Å². The van der Waals surface area contributed by atoms with E-state index in [4.69, 9.17) is 19.6 Å². The number of benzene rings is 2. The Balaban J connectivity index is 1.42. The molecule has 1 saturated heterocycles. The zero-order valence-electron chi connectivity index (χ0n) is 37.1. The van der Waals surface area contributed by atoms with E-state index in [9.17, 15) is 9.59 Å². The zero-order chi connectivity index (χ0) is 43.1. The fraction of sp³-hybridized carbons (Fsp3) is 0.574. The molecule has 7 rings (SSSR count). The standard InChI is InChI=1S/C47H61F2N5O4Si/c1-14-36-39-42(38-33-23-53(24-34(33)38)45(56)58-47(11,12)13)52-54(30-16-17-30)43(39)40(49)41(51-36)32-22-29(50-44(55)57-46(8,9)10)21-28-15-18-35(48)31(37(28)32)19-20-59(25(2)3,26(4)5)27(6)7/h15,18,21-22,25-27,30,33-34,38H,14,16-17,23-24H2,1-13H3,(H,50,55)/t33-,34+,38?. The normalized spacial score (nSPS) is 19.4. The van der Waals surface area contributed by atoms with Crippen molar-refractivity contribution in [2.45, 2.75) is 149 Å². The highest BCUT2D eigenvalue weighted by Gasteiger charge is 2.59. The number of nitrogens with zero attached hydrogens (tertiary/aromatic N) is 4. The van der Waals surface area contributed by atoms with Gasteiger partial charge in [-0.15, -0.1) is 5.54 Å². The molecule has 1 unspecified atom stereocenters. The van der Waals surface area contributed by atoms with Crippen molar-refractivity contribution >= 4 is 47.6 Å². The van der Waals surface area contributed by atoms with Gasteiger partial charge in [-0.2, -0.15) is 5.10 Å². The number of piperidine rings is 1. The highest BCUT2D eigenvalue weighted by Crippen LogP contribution is 2.60. The van der Waals surface area contributed by atoms with Crippen LogP contribution in [0.3, 0.4) is 0 Å². The third kappa shape index (κ3) is 7.96.